The quantitative estimate of drug-likeness (QED) is 0.838. The van der Waals surface area contributed by atoms with E-state index in [1.54, 1.807) is 0 Å². The van der Waals surface area contributed by atoms with Crippen LogP contribution in [-0.2, 0) is 0 Å². The fourth-order valence-electron chi connectivity index (χ4n) is 2.97. The minimum absolute atomic E-state index is 0.184. The van der Waals surface area contributed by atoms with Crippen LogP contribution in [0.4, 0.5) is 5.69 Å². The zero-order valence-corrected chi connectivity index (χ0v) is 12.9. The van der Waals surface area contributed by atoms with Crippen LogP contribution in [0.2, 0.25) is 0 Å². The Labute approximate surface area is 122 Å². The molecule has 20 heavy (non-hydrogen) atoms. The van der Waals surface area contributed by atoms with Crippen LogP contribution < -0.4 is 4.90 Å². The summed E-state index contributed by atoms with van der Waals surface area (Å²) in [6.45, 7) is 9.34. The van der Waals surface area contributed by atoms with E-state index in [1.165, 1.54) is 12.1 Å². The number of rotatable bonds is 4. The number of hydrogen-bond acceptors (Lipinski definition) is 2. The number of piperidine rings is 1. The van der Waals surface area contributed by atoms with Crippen LogP contribution in [0.5, 0.6) is 0 Å². The fraction of sp³-hybridized carbons (Fsp3) is 0.588. The maximum atomic E-state index is 12.5. The Morgan fingerprint density at radius 3 is 2.40 bits per heavy atom. The molecule has 1 amide bonds. The maximum absolute atomic E-state index is 12.5. The molecule has 1 aromatic carbocycles. The summed E-state index contributed by atoms with van der Waals surface area (Å²) in [7, 11) is 0. The van der Waals surface area contributed by atoms with Crippen molar-refractivity contribution in [2.45, 2.75) is 46.1 Å². The topological polar surface area (TPSA) is 23.6 Å². The molecule has 110 valence electrons. The third kappa shape index (κ3) is 3.14. The zero-order valence-electron chi connectivity index (χ0n) is 12.9. The van der Waals surface area contributed by atoms with Gasteiger partial charge in [0.15, 0.2) is 0 Å². The summed E-state index contributed by atoms with van der Waals surface area (Å²) < 4.78 is 0. The normalized spacial score (nSPS) is 18.9. The third-order valence-corrected chi connectivity index (χ3v) is 4.31. The maximum Gasteiger partial charge on any atom is 0.254 e. The first-order valence-corrected chi connectivity index (χ1v) is 7.83. The molecular weight excluding hydrogens is 248 g/mol. The molecule has 0 spiro atoms. The molecule has 0 aliphatic carbocycles. The molecule has 0 aromatic heterocycles. The Morgan fingerprint density at radius 1 is 1.20 bits per heavy atom. The van der Waals surface area contributed by atoms with Gasteiger partial charge < -0.3 is 9.80 Å². The molecule has 2 rings (SSSR count). The molecular formula is C17H26N2O. The SMILES string of the molecule is CCN(CC)c1ccc(C(=O)N2CCCCC2C)cc1. The minimum Gasteiger partial charge on any atom is -0.372 e. The van der Waals surface area contributed by atoms with E-state index >= 15 is 0 Å². The first-order valence-electron chi connectivity index (χ1n) is 7.83. The standard InChI is InChI=1S/C17H26N2O/c1-4-18(5-2)16-11-9-15(10-12-16)17(20)19-13-7-6-8-14(19)3/h9-12,14H,4-8,13H2,1-3H3. The van der Waals surface area contributed by atoms with Crippen molar-refractivity contribution in [3.63, 3.8) is 0 Å². The number of amides is 1. The van der Waals surface area contributed by atoms with Crippen molar-refractivity contribution in [1.82, 2.24) is 4.90 Å². The van der Waals surface area contributed by atoms with Gasteiger partial charge in [-0.05, 0) is 64.3 Å². The second-order valence-corrected chi connectivity index (χ2v) is 5.56. The number of carbonyl (C=O) groups is 1. The summed E-state index contributed by atoms with van der Waals surface area (Å²) >= 11 is 0. The lowest BCUT2D eigenvalue weighted by Gasteiger charge is -2.33. The van der Waals surface area contributed by atoms with E-state index in [2.05, 4.69) is 37.8 Å². The Morgan fingerprint density at radius 2 is 1.85 bits per heavy atom. The summed E-state index contributed by atoms with van der Waals surface area (Å²) in [4.78, 5) is 16.9. The van der Waals surface area contributed by atoms with Crippen molar-refractivity contribution in [3.8, 4) is 0 Å². The van der Waals surface area contributed by atoms with Crippen LogP contribution in [-0.4, -0.2) is 36.5 Å². The van der Waals surface area contributed by atoms with E-state index in [4.69, 9.17) is 0 Å². The molecule has 1 aliphatic rings. The van der Waals surface area contributed by atoms with Crippen molar-refractivity contribution in [1.29, 1.82) is 0 Å². The summed E-state index contributed by atoms with van der Waals surface area (Å²) in [6.07, 6.45) is 3.50. The molecule has 1 atom stereocenters. The second kappa shape index (κ2) is 6.78. The van der Waals surface area contributed by atoms with Crippen molar-refractivity contribution in [2.75, 3.05) is 24.5 Å². The van der Waals surface area contributed by atoms with Crippen molar-refractivity contribution in [2.24, 2.45) is 0 Å². The summed E-state index contributed by atoms with van der Waals surface area (Å²) in [6, 6.07) is 8.44. The van der Waals surface area contributed by atoms with E-state index in [0.29, 0.717) is 6.04 Å². The Kier molecular flexibility index (Phi) is 5.05. The third-order valence-electron chi connectivity index (χ3n) is 4.31. The molecule has 1 saturated heterocycles. The largest absolute Gasteiger partial charge is 0.372 e. The van der Waals surface area contributed by atoms with Crippen LogP contribution in [0, 0.1) is 0 Å². The smallest absolute Gasteiger partial charge is 0.254 e. The van der Waals surface area contributed by atoms with E-state index in [1.807, 2.05) is 17.0 Å². The predicted molar refractivity (Wildman–Crippen MR) is 84.4 cm³/mol. The molecule has 0 saturated carbocycles. The molecule has 3 nitrogen and oxygen atoms in total. The highest BCUT2D eigenvalue weighted by molar-refractivity contribution is 5.94. The number of benzene rings is 1. The number of nitrogens with zero attached hydrogens (tertiary/aromatic N) is 2. The van der Waals surface area contributed by atoms with Gasteiger partial charge in [-0.1, -0.05) is 0 Å². The van der Waals surface area contributed by atoms with Crippen molar-refractivity contribution in [3.05, 3.63) is 29.8 Å². The molecule has 0 N–H and O–H groups in total. The van der Waals surface area contributed by atoms with Gasteiger partial charge in [0, 0.05) is 36.9 Å². The van der Waals surface area contributed by atoms with Crippen molar-refractivity contribution >= 4 is 11.6 Å². The highest BCUT2D eigenvalue weighted by atomic mass is 16.2. The van der Waals surface area contributed by atoms with Gasteiger partial charge in [-0.2, -0.15) is 0 Å². The number of hydrogen-bond donors (Lipinski definition) is 0. The lowest BCUT2D eigenvalue weighted by atomic mass is 10.0. The van der Waals surface area contributed by atoms with Gasteiger partial charge in [-0.25, -0.2) is 0 Å². The number of carbonyl (C=O) groups excluding carboxylic acids is 1. The second-order valence-electron chi connectivity index (χ2n) is 5.56. The average molecular weight is 274 g/mol. The molecule has 1 aliphatic heterocycles. The van der Waals surface area contributed by atoms with Crippen LogP contribution in [0.15, 0.2) is 24.3 Å². The van der Waals surface area contributed by atoms with Crippen molar-refractivity contribution < 1.29 is 4.79 Å². The Bertz CT molecular complexity index is 437. The van der Waals surface area contributed by atoms with Crippen LogP contribution in [0.1, 0.15) is 50.4 Å². The first-order chi connectivity index (χ1) is 9.67. The van der Waals surface area contributed by atoms with Gasteiger partial charge in [0.25, 0.3) is 5.91 Å². The molecule has 1 heterocycles. The zero-order chi connectivity index (χ0) is 14.5. The number of anilines is 1. The molecule has 1 unspecified atom stereocenters. The molecule has 1 aromatic rings. The highest BCUT2D eigenvalue weighted by Crippen LogP contribution is 2.21. The van der Waals surface area contributed by atoms with Crippen LogP contribution in [0.3, 0.4) is 0 Å². The number of likely N-dealkylation sites (tertiary alicyclic amines) is 1. The van der Waals surface area contributed by atoms with E-state index in [-0.39, 0.29) is 5.91 Å². The van der Waals surface area contributed by atoms with E-state index < -0.39 is 0 Å². The molecule has 3 heteroatoms. The predicted octanol–water partition coefficient (Wildman–Crippen LogP) is 3.55. The van der Waals surface area contributed by atoms with Gasteiger partial charge in [-0.3, -0.25) is 4.79 Å². The monoisotopic (exact) mass is 274 g/mol. The minimum atomic E-state index is 0.184. The lowest BCUT2D eigenvalue weighted by molar-refractivity contribution is 0.0635. The fourth-order valence-corrected chi connectivity index (χ4v) is 2.97. The van der Waals surface area contributed by atoms with E-state index in [9.17, 15) is 4.79 Å². The molecule has 1 fully saturated rings. The Balaban J connectivity index is 2.11. The van der Waals surface area contributed by atoms with E-state index in [0.717, 1.165) is 38.0 Å². The van der Waals surface area contributed by atoms with Crippen LogP contribution >= 0.6 is 0 Å². The van der Waals surface area contributed by atoms with Gasteiger partial charge in [0.05, 0.1) is 0 Å². The van der Waals surface area contributed by atoms with Crippen LogP contribution in [0.25, 0.3) is 0 Å². The first kappa shape index (κ1) is 14.9. The summed E-state index contributed by atoms with van der Waals surface area (Å²) in [5.41, 5.74) is 2.01. The summed E-state index contributed by atoms with van der Waals surface area (Å²) in [5, 5.41) is 0. The van der Waals surface area contributed by atoms with Gasteiger partial charge in [0.2, 0.25) is 0 Å². The summed E-state index contributed by atoms with van der Waals surface area (Å²) in [5.74, 6) is 0.184. The molecule has 0 bridgehead atoms. The van der Waals surface area contributed by atoms with Gasteiger partial charge in [-0.15, -0.1) is 0 Å². The molecule has 0 radical (unpaired) electrons. The lowest BCUT2D eigenvalue weighted by Crippen LogP contribution is -2.42. The Hall–Kier alpha value is -1.51. The van der Waals surface area contributed by atoms with Gasteiger partial charge in [0.1, 0.15) is 0 Å². The van der Waals surface area contributed by atoms with Gasteiger partial charge >= 0.3 is 0 Å². The highest BCUT2D eigenvalue weighted by Gasteiger charge is 2.24. The average Bonchev–Trinajstić information content (AvgIpc) is 2.49.